The molecule has 0 bridgehead atoms. The minimum absolute atomic E-state index is 0.0386. The molecule has 1 rings (SSSR count). The second-order valence-electron chi connectivity index (χ2n) is 3.68. The third-order valence-corrected chi connectivity index (χ3v) is 1.59. The summed E-state index contributed by atoms with van der Waals surface area (Å²) in [6.07, 6.45) is -0.648. The number of carbonyl (C=O) groups is 1. The van der Waals surface area contributed by atoms with Gasteiger partial charge in [-0.2, -0.15) is 0 Å². The highest BCUT2D eigenvalue weighted by Crippen LogP contribution is 2.37. The van der Waals surface area contributed by atoms with Crippen LogP contribution in [0.1, 0.15) is 20.8 Å². The zero-order valence-corrected chi connectivity index (χ0v) is 6.42. The van der Waals surface area contributed by atoms with E-state index in [2.05, 4.69) is 0 Å². The molecule has 0 radical (unpaired) electrons. The molecule has 0 aromatic heterocycles. The number of rotatable bonds is 1. The summed E-state index contributed by atoms with van der Waals surface area (Å²) in [5, 5.41) is 8.46. The molecule has 58 valence electrons. The number of carboxylic acids is 1. The van der Waals surface area contributed by atoms with Crippen molar-refractivity contribution in [3.63, 3.8) is 0 Å². The van der Waals surface area contributed by atoms with Crippen LogP contribution in [0.3, 0.4) is 0 Å². The van der Waals surface area contributed by atoms with Crippen molar-refractivity contribution in [3.8, 4) is 0 Å². The van der Waals surface area contributed by atoms with Crippen molar-refractivity contribution < 1.29 is 14.6 Å². The number of aliphatic carboxylic acids is 1. The predicted octanol–water partition coefficient (Wildman–Crippen LogP) is 0.885. The van der Waals surface area contributed by atoms with E-state index >= 15 is 0 Å². The third kappa shape index (κ3) is 1.29. The van der Waals surface area contributed by atoms with Gasteiger partial charge in [0, 0.05) is 0 Å². The predicted molar refractivity (Wildman–Crippen MR) is 35.8 cm³/mol. The maximum absolute atomic E-state index is 10.3. The number of carboxylic acid groups (broad SMARTS) is 1. The molecule has 1 heterocycles. The largest absolute Gasteiger partial charge is 0.479 e. The Hall–Kier alpha value is -0.570. The van der Waals surface area contributed by atoms with Gasteiger partial charge >= 0.3 is 5.97 Å². The first-order chi connectivity index (χ1) is 4.43. The van der Waals surface area contributed by atoms with Crippen LogP contribution in [0.15, 0.2) is 0 Å². The fraction of sp³-hybridized carbons (Fsp3) is 0.857. The first-order valence-corrected chi connectivity index (χ1v) is 3.31. The van der Waals surface area contributed by atoms with Crippen LogP contribution in [0.25, 0.3) is 0 Å². The molecule has 0 amide bonds. The second kappa shape index (κ2) is 1.95. The SMILES string of the molecule is CC(C)(C)[C@@H]1O[C@H]1C(=O)O. The van der Waals surface area contributed by atoms with Gasteiger partial charge in [-0.3, -0.25) is 0 Å². The molecule has 1 saturated heterocycles. The molecule has 2 atom stereocenters. The molecule has 1 fully saturated rings. The number of hydrogen-bond acceptors (Lipinski definition) is 2. The van der Waals surface area contributed by atoms with Crippen LogP contribution in [0.4, 0.5) is 0 Å². The van der Waals surface area contributed by atoms with Crippen molar-refractivity contribution in [1.82, 2.24) is 0 Å². The lowest BCUT2D eigenvalue weighted by Gasteiger charge is -2.13. The summed E-state index contributed by atoms with van der Waals surface area (Å²) >= 11 is 0. The van der Waals surface area contributed by atoms with E-state index in [0.29, 0.717) is 0 Å². The van der Waals surface area contributed by atoms with E-state index in [1.54, 1.807) is 0 Å². The van der Waals surface area contributed by atoms with Crippen molar-refractivity contribution in [1.29, 1.82) is 0 Å². The minimum atomic E-state index is -0.847. The van der Waals surface area contributed by atoms with E-state index < -0.39 is 12.1 Å². The van der Waals surface area contributed by atoms with Crippen LogP contribution in [0.2, 0.25) is 0 Å². The summed E-state index contributed by atoms with van der Waals surface area (Å²) in [6.45, 7) is 5.92. The highest BCUT2D eigenvalue weighted by molar-refractivity contribution is 5.75. The highest BCUT2D eigenvalue weighted by atomic mass is 16.6. The average molecular weight is 144 g/mol. The molecule has 1 aliphatic rings. The molecule has 3 heteroatoms. The Balaban J connectivity index is 2.46. The molecule has 0 aromatic carbocycles. The lowest BCUT2D eigenvalue weighted by atomic mass is 9.90. The monoisotopic (exact) mass is 144 g/mol. The lowest BCUT2D eigenvalue weighted by Crippen LogP contribution is -2.20. The lowest BCUT2D eigenvalue weighted by molar-refractivity contribution is -0.138. The summed E-state index contributed by atoms with van der Waals surface area (Å²) in [4.78, 5) is 10.3. The van der Waals surface area contributed by atoms with Gasteiger partial charge in [-0.1, -0.05) is 20.8 Å². The van der Waals surface area contributed by atoms with Gasteiger partial charge in [-0.15, -0.1) is 0 Å². The number of ether oxygens (including phenoxy) is 1. The summed E-state index contributed by atoms with van der Waals surface area (Å²) < 4.78 is 4.94. The van der Waals surface area contributed by atoms with Crippen LogP contribution in [0.5, 0.6) is 0 Å². The van der Waals surface area contributed by atoms with Crippen molar-refractivity contribution in [2.75, 3.05) is 0 Å². The molecule has 1 aliphatic heterocycles. The van der Waals surface area contributed by atoms with E-state index in [9.17, 15) is 4.79 Å². The van der Waals surface area contributed by atoms with Crippen LogP contribution < -0.4 is 0 Å². The number of hydrogen-bond donors (Lipinski definition) is 1. The zero-order chi connectivity index (χ0) is 7.94. The topological polar surface area (TPSA) is 49.8 Å². The Kier molecular flexibility index (Phi) is 1.47. The van der Waals surface area contributed by atoms with Crippen LogP contribution in [-0.4, -0.2) is 23.3 Å². The maximum Gasteiger partial charge on any atom is 0.335 e. The van der Waals surface area contributed by atoms with Crippen molar-refractivity contribution in [3.05, 3.63) is 0 Å². The van der Waals surface area contributed by atoms with Crippen LogP contribution in [0, 0.1) is 5.41 Å². The molecule has 0 saturated carbocycles. The fourth-order valence-corrected chi connectivity index (χ4v) is 0.959. The van der Waals surface area contributed by atoms with Crippen molar-refractivity contribution in [2.45, 2.75) is 33.0 Å². The first kappa shape index (κ1) is 7.54. The fourth-order valence-electron chi connectivity index (χ4n) is 0.959. The summed E-state index contributed by atoms with van der Waals surface area (Å²) in [5.41, 5.74) is -0.0386. The average Bonchev–Trinajstić information content (AvgIpc) is 2.35. The van der Waals surface area contributed by atoms with Gasteiger partial charge in [-0.25, -0.2) is 4.79 Å². The van der Waals surface area contributed by atoms with Gasteiger partial charge in [0.05, 0.1) is 0 Å². The maximum atomic E-state index is 10.3. The first-order valence-electron chi connectivity index (χ1n) is 3.31. The van der Waals surface area contributed by atoms with Gasteiger partial charge in [0.25, 0.3) is 0 Å². The normalized spacial score (nSPS) is 31.9. The van der Waals surface area contributed by atoms with E-state index in [0.717, 1.165) is 0 Å². The van der Waals surface area contributed by atoms with E-state index in [1.807, 2.05) is 20.8 Å². The molecule has 3 nitrogen and oxygen atoms in total. The quantitative estimate of drug-likeness (QED) is 0.556. The van der Waals surface area contributed by atoms with E-state index in [1.165, 1.54) is 0 Å². The molecule has 0 unspecified atom stereocenters. The second-order valence-corrected chi connectivity index (χ2v) is 3.68. The summed E-state index contributed by atoms with van der Waals surface area (Å²) in [6, 6.07) is 0. The summed E-state index contributed by atoms with van der Waals surface area (Å²) in [7, 11) is 0. The van der Waals surface area contributed by atoms with Gasteiger partial charge in [0.2, 0.25) is 0 Å². The molecule has 0 aromatic rings. The standard InChI is InChI=1S/C7H12O3/c1-7(2,3)5-4(10-5)6(8)9/h4-5H,1-3H3,(H,8,9)/t4-,5-/m1/s1. The Bertz CT molecular complexity index is 157. The Morgan fingerprint density at radius 1 is 1.50 bits per heavy atom. The van der Waals surface area contributed by atoms with Crippen molar-refractivity contribution >= 4 is 5.97 Å². The number of epoxide rings is 1. The molecular formula is C7H12O3. The Morgan fingerprint density at radius 3 is 2.10 bits per heavy atom. The van der Waals surface area contributed by atoms with Gasteiger partial charge in [0.1, 0.15) is 6.10 Å². The zero-order valence-electron chi connectivity index (χ0n) is 6.42. The molecule has 1 N–H and O–H groups in total. The molecule has 0 aliphatic carbocycles. The van der Waals surface area contributed by atoms with Crippen molar-refractivity contribution in [2.24, 2.45) is 5.41 Å². The molecule has 10 heavy (non-hydrogen) atoms. The minimum Gasteiger partial charge on any atom is -0.479 e. The molecular weight excluding hydrogens is 132 g/mol. The van der Waals surface area contributed by atoms with Crippen LogP contribution in [-0.2, 0) is 9.53 Å². The smallest absolute Gasteiger partial charge is 0.335 e. The van der Waals surface area contributed by atoms with E-state index in [-0.39, 0.29) is 11.5 Å². The van der Waals surface area contributed by atoms with Crippen LogP contribution >= 0.6 is 0 Å². The highest BCUT2D eigenvalue weighted by Gasteiger charge is 2.51. The molecule has 0 spiro atoms. The third-order valence-electron chi connectivity index (χ3n) is 1.59. The summed E-state index contributed by atoms with van der Waals surface area (Å²) in [5.74, 6) is -0.847. The van der Waals surface area contributed by atoms with Gasteiger partial charge in [0.15, 0.2) is 6.10 Å². The Morgan fingerprint density at radius 2 is 2.00 bits per heavy atom. The van der Waals surface area contributed by atoms with Gasteiger partial charge < -0.3 is 9.84 Å². The Labute approximate surface area is 60.0 Å². The van der Waals surface area contributed by atoms with Gasteiger partial charge in [-0.05, 0) is 5.41 Å². The van der Waals surface area contributed by atoms with E-state index in [4.69, 9.17) is 9.84 Å².